The maximum Gasteiger partial charge on any atom is 0.345 e. The summed E-state index contributed by atoms with van der Waals surface area (Å²) in [6.07, 6.45) is 1.17. The Morgan fingerprint density at radius 2 is 2.00 bits per heavy atom. The van der Waals surface area contributed by atoms with Crippen LogP contribution in [0.5, 0.6) is 5.75 Å². The van der Waals surface area contributed by atoms with E-state index < -0.39 is 11.9 Å². The van der Waals surface area contributed by atoms with Crippen LogP contribution in [0.15, 0.2) is 42.7 Å². The molecule has 11 nitrogen and oxygen atoms in total. The molecule has 4 N–H and O–H groups in total. The van der Waals surface area contributed by atoms with Gasteiger partial charge in [0, 0.05) is 10.9 Å². The van der Waals surface area contributed by atoms with Crippen molar-refractivity contribution in [3.8, 4) is 5.75 Å². The molecule has 4 rings (SSSR count). The number of ether oxygens (including phenoxy) is 1. The molecular weight excluding hydrogens is 450 g/mol. The van der Waals surface area contributed by atoms with Gasteiger partial charge in [-0.15, -0.1) is 11.3 Å². The first-order valence-electron chi connectivity index (χ1n) is 9.65. The van der Waals surface area contributed by atoms with Gasteiger partial charge in [0.25, 0.3) is 11.8 Å². The Morgan fingerprint density at radius 1 is 1.15 bits per heavy atom. The van der Waals surface area contributed by atoms with E-state index in [2.05, 4.69) is 25.9 Å². The second kappa shape index (κ2) is 9.44. The molecule has 2 aromatic heterocycles. The summed E-state index contributed by atoms with van der Waals surface area (Å²) in [6, 6.07) is 9.48. The highest BCUT2D eigenvalue weighted by Crippen LogP contribution is 2.28. The molecule has 0 saturated carbocycles. The first-order valence-corrected chi connectivity index (χ1v) is 10.5. The van der Waals surface area contributed by atoms with Crippen LogP contribution in [0.25, 0.3) is 0 Å². The predicted molar refractivity (Wildman–Crippen MR) is 117 cm³/mol. The predicted octanol–water partition coefficient (Wildman–Crippen LogP) is 1.68. The zero-order valence-electron chi connectivity index (χ0n) is 17.0. The lowest BCUT2D eigenvalue weighted by atomic mass is 10.1. The van der Waals surface area contributed by atoms with Gasteiger partial charge in [-0.1, -0.05) is 6.07 Å². The number of hydrogen-bond acceptors (Lipinski definition) is 8. The van der Waals surface area contributed by atoms with Crippen molar-refractivity contribution in [2.45, 2.75) is 13.0 Å². The topological polar surface area (TPSA) is 160 Å². The molecule has 0 unspecified atom stereocenters. The zero-order chi connectivity index (χ0) is 23.4. The Morgan fingerprint density at radius 3 is 2.79 bits per heavy atom. The molecular formula is C21H17N5O6S. The third kappa shape index (κ3) is 5.49. The molecule has 0 spiro atoms. The minimum Gasteiger partial charge on any atom is -0.482 e. The number of aromatic carboxylic acids is 1. The summed E-state index contributed by atoms with van der Waals surface area (Å²) in [4.78, 5) is 55.9. The highest BCUT2D eigenvalue weighted by molar-refractivity contribution is 7.13. The van der Waals surface area contributed by atoms with Crippen LogP contribution in [0.1, 0.15) is 30.6 Å². The molecule has 0 bridgehead atoms. The molecule has 12 heteroatoms. The second-order valence-corrected chi connectivity index (χ2v) is 8.10. The number of hydrogen-bond donors (Lipinski definition) is 4. The fourth-order valence-corrected chi connectivity index (χ4v) is 3.79. The molecule has 168 valence electrons. The maximum atomic E-state index is 12.4. The van der Waals surface area contributed by atoms with Crippen LogP contribution in [0.4, 0.5) is 11.5 Å². The highest BCUT2D eigenvalue weighted by Gasteiger charge is 2.17. The normalized spacial score (nSPS) is 12.2. The number of nitrogens with one attached hydrogen (secondary N) is 3. The number of nitrogens with zero attached hydrogens (tertiary/aromatic N) is 2. The smallest absolute Gasteiger partial charge is 0.345 e. The van der Waals surface area contributed by atoms with E-state index in [1.807, 2.05) is 0 Å². The van der Waals surface area contributed by atoms with Gasteiger partial charge in [0.15, 0.2) is 6.61 Å². The van der Waals surface area contributed by atoms with E-state index in [0.29, 0.717) is 21.9 Å². The fourth-order valence-electron chi connectivity index (χ4n) is 3.01. The van der Waals surface area contributed by atoms with Crippen LogP contribution in [-0.2, 0) is 22.6 Å². The molecule has 0 radical (unpaired) electrons. The van der Waals surface area contributed by atoms with Crippen LogP contribution in [0.2, 0.25) is 0 Å². The van der Waals surface area contributed by atoms with E-state index in [0.717, 1.165) is 17.7 Å². The summed E-state index contributed by atoms with van der Waals surface area (Å²) < 4.78 is 5.29. The first kappa shape index (κ1) is 21.9. The van der Waals surface area contributed by atoms with Gasteiger partial charge < -0.3 is 25.8 Å². The number of carbonyl (C=O) groups excluding carboxylic acids is 3. The summed E-state index contributed by atoms with van der Waals surface area (Å²) in [5, 5.41) is 16.9. The van der Waals surface area contributed by atoms with Gasteiger partial charge in [-0.25, -0.2) is 14.8 Å². The molecule has 3 aromatic rings. The van der Waals surface area contributed by atoms with Crippen molar-refractivity contribution in [2.24, 2.45) is 0 Å². The Labute approximate surface area is 190 Å². The van der Waals surface area contributed by atoms with E-state index in [1.165, 1.54) is 12.1 Å². The second-order valence-electron chi connectivity index (χ2n) is 6.93. The van der Waals surface area contributed by atoms with Crippen molar-refractivity contribution in [3.05, 3.63) is 63.7 Å². The van der Waals surface area contributed by atoms with Gasteiger partial charge in [-0.2, -0.15) is 0 Å². The number of aromatic nitrogens is 2. The van der Waals surface area contributed by atoms with E-state index >= 15 is 0 Å². The highest BCUT2D eigenvalue weighted by atomic mass is 32.1. The van der Waals surface area contributed by atoms with Crippen LogP contribution in [-0.4, -0.2) is 45.4 Å². The van der Waals surface area contributed by atoms with Crippen molar-refractivity contribution < 1.29 is 29.0 Å². The van der Waals surface area contributed by atoms with Crippen LogP contribution in [0.3, 0.4) is 0 Å². The zero-order valence-corrected chi connectivity index (χ0v) is 17.8. The summed E-state index contributed by atoms with van der Waals surface area (Å²) in [7, 11) is 0. The number of carboxylic acids is 1. The monoisotopic (exact) mass is 467 g/mol. The van der Waals surface area contributed by atoms with Gasteiger partial charge in [0.05, 0.1) is 18.7 Å². The van der Waals surface area contributed by atoms with Crippen LogP contribution in [0, 0.1) is 0 Å². The molecule has 1 aliphatic rings. The van der Waals surface area contributed by atoms with E-state index in [1.54, 1.807) is 24.3 Å². The van der Waals surface area contributed by atoms with Gasteiger partial charge in [-0.05, 0) is 29.8 Å². The average Bonchev–Trinajstić information content (AvgIpc) is 3.27. The minimum absolute atomic E-state index is 0.0129. The molecule has 3 heterocycles. The Kier molecular flexibility index (Phi) is 6.26. The third-order valence-electron chi connectivity index (χ3n) is 4.50. The lowest BCUT2D eigenvalue weighted by molar-refractivity contribution is -0.118. The van der Waals surface area contributed by atoms with Gasteiger partial charge in [0.2, 0.25) is 5.91 Å². The number of rotatable bonds is 7. The standard InChI is InChI=1S/C21H17N5O6S/c27-18(6-11-1-3-15-13(5-11)25-19(28)9-32-15)26-17-7-14(23-10-24-17)20(29)22-8-12-2-4-16(33-12)21(30)31/h1-5,7,10H,6,8-9H2,(H,22,29)(H,25,28)(H,30,31)(H,23,24,26,27). The summed E-state index contributed by atoms with van der Waals surface area (Å²) in [5.41, 5.74) is 1.20. The first-order chi connectivity index (χ1) is 15.9. The molecule has 0 atom stereocenters. The number of fused-ring (bicyclic) bond motifs is 1. The van der Waals surface area contributed by atoms with Crippen molar-refractivity contribution in [2.75, 3.05) is 17.2 Å². The van der Waals surface area contributed by atoms with Crippen molar-refractivity contribution in [1.29, 1.82) is 0 Å². The summed E-state index contributed by atoms with van der Waals surface area (Å²) in [5.74, 6) is -1.48. The molecule has 33 heavy (non-hydrogen) atoms. The van der Waals surface area contributed by atoms with E-state index in [9.17, 15) is 19.2 Å². The number of amides is 3. The minimum atomic E-state index is -1.03. The Balaban J connectivity index is 1.34. The third-order valence-corrected chi connectivity index (χ3v) is 5.58. The van der Waals surface area contributed by atoms with E-state index in [4.69, 9.17) is 9.84 Å². The maximum absolute atomic E-state index is 12.4. The number of benzene rings is 1. The fraction of sp³-hybridized carbons (Fsp3) is 0.143. The quantitative estimate of drug-likeness (QED) is 0.408. The molecule has 0 fully saturated rings. The lowest BCUT2D eigenvalue weighted by Gasteiger charge is -2.18. The van der Waals surface area contributed by atoms with Gasteiger partial charge in [-0.3, -0.25) is 14.4 Å². The molecule has 1 aliphatic heterocycles. The molecule has 0 saturated heterocycles. The Hall–Kier alpha value is -4.32. The van der Waals surface area contributed by atoms with E-state index in [-0.39, 0.29) is 47.8 Å². The molecule has 1 aromatic carbocycles. The van der Waals surface area contributed by atoms with Crippen molar-refractivity contribution in [3.63, 3.8) is 0 Å². The van der Waals surface area contributed by atoms with Crippen molar-refractivity contribution in [1.82, 2.24) is 15.3 Å². The summed E-state index contributed by atoms with van der Waals surface area (Å²) >= 11 is 1.06. The Bertz CT molecular complexity index is 1260. The summed E-state index contributed by atoms with van der Waals surface area (Å²) in [6.45, 7) is 0.0915. The van der Waals surface area contributed by atoms with Crippen LogP contribution < -0.4 is 20.7 Å². The number of thiophene rings is 1. The molecule has 0 aliphatic carbocycles. The SMILES string of the molecule is O=C(Cc1ccc2c(c1)NC(=O)CO2)Nc1cc(C(=O)NCc2ccc(C(=O)O)s2)ncn1. The largest absolute Gasteiger partial charge is 0.482 e. The average molecular weight is 467 g/mol. The lowest BCUT2D eigenvalue weighted by Crippen LogP contribution is -2.25. The number of carbonyl (C=O) groups is 4. The number of carboxylic acid groups (broad SMARTS) is 1. The van der Waals surface area contributed by atoms with Crippen molar-refractivity contribution >= 4 is 46.5 Å². The van der Waals surface area contributed by atoms with Crippen LogP contribution >= 0.6 is 11.3 Å². The van der Waals surface area contributed by atoms with Gasteiger partial charge in [0.1, 0.15) is 28.5 Å². The molecule has 3 amide bonds. The van der Waals surface area contributed by atoms with Gasteiger partial charge >= 0.3 is 5.97 Å². The number of anilines is 2.